The van der Waals surface area contributed by atoms with Crippen molar-refractivity contribution < 1.29 is 9.53 Å². The van der Waals surface area contributed by atoms with Crippen molar-refractivity contribution >= 4 is 5.97 Å². The second-order valence-corrected chi connectivity index (χ2v) is 5.18. The molecule has 17 heavy (non-hydrogen) atoms. The minimum atomic E-state index is -0.414. The molecule has 0 spiro atoms. The lowest BCUT2D eigenvalue weighted by molar-refractivity contribution is -0.153. The SMILES string of the molecule is Cc1ccc(CNCC(=O)OC(C)(C)C)cc1. The van der Waals surface area contributed by atoms with E-state index in [9.17, 15) is 4.79 Å². The quantitative estimate of drug-likeness (QED) is 0.815. The van der Waals surface area contributed by atoms with Crippen molar-refractivity contribution in [1.82, 2.24) is 5.32 Å². The second-order valence-electron chi connectivity index (χ2n) is 5.18. The van der Waals surface area contributed by atoms with E-state index in [4.69, 9.17) is 4.74 Å². The maximum Gasteiger partial charge on any atom is 0.320 e. The molecule has 94 valence electrons. The Morgan fingerprint density at radius 3 is 2.35 bits per heavy atom. The Morgan fingerprint density at radius 2 is 1.82 bits per heavy atom. The van der Waals surface area contributed by atoms with Gasteiger partial charge < -0.3 is 10.1 Å². The minimum Gasteiger partial charge on any atom is -0.459 e. The average Bonchev–Trinajstić information content (AvgIpc) is 2.18. The van der Waals surface area contributed by atoms with Crippen molar-refractivity contribution in [2.75, 3.05) is 6.54 Å². The van der Waals surface area contributed by atoms with Crippen LogP contribution in [-0.4, -0.2) is 18.1 Å². The van der Waals surface area contributed by atoms with Crippen molar-refractivity contribution in [3.05, 3.63) is 35.4 Å². The molecule has 0 fully saturated rings. The summed E-state index contributed by atoms with van der Waals surface area (Å²) in [6.45, 7) is 8.57. The van der Waals surface area contributed by atoms with E-state index < -0.39 is 5.60 Å². The van der Waals surface area contributed by atoms with Crippen LogP contribution in [0.25, 0.3) is 0 Å². The summed E-state index contributed by atoms with van der Waals surface area (Å²) in [7, 11) is 0. The molecule has 3 heteroatoms. The van der Waals surface area contributed by atoms with Crippen molar-refractivity contribution in [3.8, 4) is 0 Å². The summed E-state index contributed by atoms with van der Waals surface area (Å²) < 4.78 is 5.19. The summed E-state index contributed by atoms with van der Waals surface area (Å²) in [6, 6.07) is 8.23. The average molecular weight is 235 g/mol. The van der Waals surface area contributed by atoms with Crippen LogP contribution >= 0.6 is 0 Å². The first kappa shape index (κ1) is 13.7. The molecule has 1 rings (SSSR count). The molecule has 0 aliphatic carbocycles. The Balaban J connectivity index is 2.28. The molecule has 1 N–H and O–H groups in total. The van der Waals surface area contributed by atoms with E-state index >= 15 is 0 Å². The Bertz CT molecular complexity index is 363. The van der Waals surface area contributed by atoms with Crippen LogP contribution in [-0.2, 0) is 16.1 Å². The van der Waals surface area contributed by atoms with Gasteiger partial charge in [-0.05, 0) is 33.3 Å². The molecule has 0 saturated carbocycles. The van der Waals surface area contributed by atoms with Crippen LogP contribution in [0.4, 0.5) is 0 Å². The Labute approximate surface area is 103 Å². The van der Waals surface area contributed by atoms with Gasteiger partial charge in [-0.3, -0.25) is 4.79 Å². The molecule has 0 saturated heterocycles. The first-order valence-corrected chi connectivity index (χ1v) is 5.85. The molecule has 0 aromatic heterocycles. The number of benzene rings is 1. The van der Waals surface area contributed by atoms with Gasteiger partial charge in [0.1, 0.15) is 5.60 Å². The van der Waals surface area contributed by atoms with Gasteiger partial charge in [0.25, 0.3) is 0 Å². The van der Waals surface area contributed by atoms with Gasteiger partial charge in [0.2, 0.25) is 0 Å². The fraction of sp³-hybridized carbons (Fsp3) is 0.500. The van der Waals surface area contributed by atoms with Crippen molar-refractivity contribution in [3.63, 3.8) is 0 Å². The fourth-order valence-electron chi connectivity index (χ4n) is 1.39. The Morgan fingerprint density at radius 1 is 1.24 bits per heavy atom. The largest absolute Gasteiger partial charge is 0.459 e. The molecule has 3 nitrogen and oxygen atoms in total. The highest BCUT2D eigenvalue weighted by atomic mass is 16.6. The smallest absolute Gasteiger partial charge is 0.320 e. The summed E-state index contributed by atoms with van der Waals surface area (Å²) in [5.41, 5.74) is 1.99. The van der Waals surface area contributed by atoms with Crippen LogP contribution < -0.4 is 5.32 Å². The zero-order chi connectivity index (χ0) is 12.9. The van der Waals surface area contributed by atoms with Gasteiger partial charge in [-0.15, -0.1) is 0 Å². The molecular formula is C14H21NO2. The third-order valence-electron chi connectivity index (χ3n) is 2.14. The third kappa shape index (κ3) is 6.07. The number of hydrogen-bond donors (Lipinski definition) is 1. The standard InChI is InChI=1S/C14H21NO2/c1-11-5-7-12(8-6-11)9-15-10-13(16)17-14(2,3)4/h5-8,15H,9-10H2,1-4H3. The number of hydrogen-bond acceptors (Lipinski definition) is 3. The summed E-state index contributed by atoms with van der Waals surface area (Å²) in [5.74, 6) is -0.218. The minimum absolute atomic E-state index is 0.218. The molecule has 0 aliphatic heterocycles. The predicted octanol–water partition coefficient (Wildman–Crippen LogP) is 2.43. The van der Waals surface area contributed by atoms with E-state index in [-0.39, 0.29) is 12.5 Å². The summed E-state index contributed by atoms with van der Waals surface area (Å²) in [5, 5.41) is 3.07. The number of carbonyl (C=O) groups is 1. The summed E-state index contributed by atoms with van der Waals surface area (Å²) in [4.78, 5) is 11.4. The van der Waals surface area contributed by atoms with Gasteiger partial charge in [-0.25, -0.2) is 0 Å². The maximum atomic E-state index is 11.4. The zero-order valence-corrected chi connectivity index (χ0v) is 11.0. The third-order valence-corrected chi connectivity index (χ3v) is 2.14. The molecule has 0 unspecified atom stereocenters. The van der Waals surface area contributed by atoms with Gasteiger partial charge >= 0.3 is 5.97 Å². The topological polar surface area (TPSA) is 38.3 Å². The number of nitrogens with one attached hydrogen (secondary N) is 1. The highest BCUT2D eigenvalue weighted by Gasteiger charge is 2.15. The van der Waals surface area contributed by atoms with Crippen molar-refractivity contribution in [2.45, 2.75) is 39.8 Å². The lowest BCUT2D eigenvalue weighted by Gasteiger charge is -2.19. The Hall–Kier alpha value is -1.35. The second kappa shape index (κ2) is 5.82. The molecule has 0 bridgehead atoms. The number of rotatable bonds is 4. The summed E-state index contributed by atoms with van der Waals surface area (Å²) in [6.07, 6.45) is 0. The van der Waals surface area contributed by atoms with Crippen molar-refractivity contribution in [2.24, 2.45) is 0 Å². The molecule has 0 aliphatic rings. The molecule has 0 atom stereocenters. The van der Waals surface area contributed by atoms with E-state index in [1.54, 1.807) is 0 Å². The Kier molecular flexibility index (Phi) is 4.70. The van der Waals surface area contributed by atoms with E-state index in [1.807, 2.05) is 20.8 Å². The number of esters is 1. The van der Waals surface area contributed by atoms with Crippen LogP contribution in [0.3, 0.4) is 0 Å². The lowest BCUT2D eigenvalue weighted by atomic mass is 10.1. The van der Waals surface area contributed by atoms with E-state index in [0.717, 1.165) is 0 Å². The highest BCUT2D eigenvalue weighted by molar-refractivity contribution is 5.72. The van der Waals surface area contributed by atoms with Crippen molar-refractivity contribution in [1.29, 1.82) is 0 Å². The van der Waals surface area contributed by atoms with Gasteiger partial charge in [-0.2, -0.15) is 0 Å². The van der Waals surface area contributed by atoms with Crippen LogP contribution in [0.15, 0.2) is 24.3 Å². The first-order valence-electron chi connectivity index (χ1n) is 5.85. The zero-order valence-electron chi connectivity index (χ0n) is 11.0. The van der Waals surface area contributed by atoms with Crippen LogP contribution in [0.5, 0.6) is 0 Å². The molecule has 1 aromatic carbocycles. The molecule has 0 amide bonds. The first-order chi connectivity index (χ1) is 7.87. The van der Waals surface area contributed by atoms with E-state index in [0.29, 0.717) is 6.54 Å². The number of ether oxygens (including phenoxy) is 1. The highest BCUT2D eigenvalue weighted by Crippen LogP contribution is 2.06. The van der Waals surface area contributed by atoms with Gasteiger partial charge in [0.05, 0.1) is 6.54 Å². The number of carbonyl (C=O) groups excluding carboxylic acids is 1. The summed E-state index contributed by atoms with van der Waals surface area (Å²) >= 11 is 0. The fourth-order valence-corrected chi connectivity index (χ4v) is 1.39. The number of aryl methyl sites for hydroxylation is 1. The van der Waals surface area contributed by atoms with Crippen LogP contribution in [0, 0.1) is 6.92 Å². The van der Waals surface area contributed by atoms with E-state index in [2.05, 4.69) is 36.5 Å². The van der Waals surface area contributed by atoms with E-state index in [1.165, 1.54) is 11.1 Å². The maximum absolute atomic E-state index is 11.4. The molecule has 0 radical (unpaired) electrons. The molecule has 1 aromatic rings. The lowest BCUT2D eigenvalue weighted by Crippen LogP contribution is -2.31. The monoisotopic (exact) mass is 235 g/mol. The molecular weight excluding hydrogens is 214 g/mol. The van der Waals surface area contributed by atoms with Gasteiger partial charge in [-0.1, -0.05) is 29.8 Å². The van der Waals surface area contributed by atoms with Crippen LogP contribution in [0.1, 0.15) is 31.9 Å². The van der Waals surface area contributed by atoms with Crippen LogP contribution in [0.2, 0.25) is 0 Å². The van der Waals surface area contributed by atoms with Gasteiger partial charge in [0.15, 0.2) is 0 Å². The normalized spacial score (nSPS) is 11.3. The molecule has 0 heterocycles. The predicted molar refractivity (Wildman–Crippen MR) is 68.7 cm³/mol. The van der Waals surface area contributed by atoms with Gasteiger partial charge in [0, 0.05) is 6.54 Å².